The Labute approximate surface area is 115 Å². The molecule has 1 amide bonds. The van der Waals surface area contributed by atoms with E-state index < -0.39 is 12.0 Å². The molecule has 19 heavy (non-hydrogen) atoms. The number of halogens is 1. The Morgan fingerprint density at radius 1 is 1.47 bits per heavy atom. The van der Waals surface area contributed by atoms with Crippen molar-refractivity contribution in [1.29, 1.82) is 5.41 Å². The quantitative estimate of drug-likeness (QED) is 0.411. The standard InChI is InChI=1S/C12H21FN3O2P/c1-15-7-9(10(14)18-12(13)19)16-11(17)8-5-3-2-4-6-8/h7-8,12,14-15H,2-6,19H2,1H3,(H,16,17)/b9-7+,14-10?. The van der Waals surface area contributed by atoms with E-state index in [-0.39, 0.29) is 17.5 Å². The van der Waals surface area contributed by atoms with Gasteiger partial charge in [0.2, 0.25) is 11.8 Å². The molecule has 1 rings (SSSR count). The highest BCUT2D eigenvalue weighted by Gasteiger charge is 2.23. The lowest BCUT2D eigenvalue weighted by atomic mass is 9.88. The Morgan fingerprint density at radius 2 is 2.11 bits per heavy atom. The maximum Gasteiger partial charge on any atom is 0.251 e. The Bertz CT molecular complexity index is 355. The molecular weight excluding hydrogens is 268 g/mol. The predicted octanol–water partition coefficient (Wildman–Crippen LogP) is 1.87. The Hall–Kier alpha value is -1.16. The fraction of sp³-hybridized carbons (Fsp3) is 0.667. The largest absolute Gasteiger partial charge is 0.439 e. The first kappa shape index (κ1) is 15.9. The first-order valence-corrected chi connectivity index (χ1v) is 7.04. The van der Waals surface area contributed by atoms with E-state index in [0.29, 0.717) is 0 Å². The molecular formula is C12H21FN3O2P. The summed E-state index contributed by atoms with van der Waals surface area (Å²) in [7, 11) is 3.43. The zero-order valence-electron chi connectivity index (χ0n) is 11.0. The average molecular weight is 289 g/mol. The van der Waals surface area contributed by atoms with E-state index in [1.54, 1.807) is 16.3 Å². The molecule has 1 aliphatic rings. The van der Waals surface area contributed by atoms with Gasteiger partial charge in [-0.15, -0.1) is 0 Å². The topological polar surface area (TPSA) is 74.2 Å². The third-order valence-electron chi connectivity index (χ3n) is 3.00. The van der Waals surface area contributed by atoms with Crippen LogP contribution in [0.15, 0.2) is 11.9 Å². The van der Waals surface area contributed by atoms with E-state index in [9.17, 15) is 9.18 Å². The fourth-order valence-electron chi connectivity index (χ4n) is 2.08. The van der Waals surface area contributed by atoms with Crippen molar-refractivity contribution in [2.75, 3.05) is 7.05 Å². The van der Waals surface area contributed by atoms with Gasteiger partial charge < -0.3 is 15.4 Å². The molecule has 1 saturated carbocycles. The van der Waals surface area contributed by atoms with Gasteiger partial charge in [-0.3, -0.25) is 10.2 Å². The van der Waals surface area contributed by atoms with E-state index in [1.807, 2.05) is 0 Å². The molecule has 0 aliphatic heterocycles. The first-order valence-electron chi connectivity index (χ1n) is 6.38. The monoisotopic (exact) mass is 289 g/mol. The van der Waals surface area contributed by atoms with Crippen LogP contribution in [0.4, 0.5) is 4.39 Å². The van der Waals surface area contributed by atoms with Gasteiger partial charge in [0, 0.05) is 19.2 Å². The smallest absolute Gasteiger partial charge is 0.251 e. The summed E-state index contributed by atoms with van der Waals surface area (Å²) in [5, 5.41) is 12.9. The second-order valence-corrected chi connectivity index (χ2v) is 4.99. The maximum atomic E-state index is 12.7. The summed E-state index contributed by atoms with van der Waals surface area (Å²) < 4.78 is 17.3. The number of hydrogen-bond acceptors (Lipinski definition) is 4. The minimum atomic E-state index is -1.67. The van der Waals surface area contributed by atoms with Crippen molar-refractivity contribution < 1.29 is 13.9 Å². The van der Waals surface area contributed by atoms with E-state index in [4.69, 9.17) is 5.41 Å². The van der Waals surface area contributed by atoms with E-state index in [1.165, 1.54) is 12.6 Å². The number of carbonyl (C=O) groups is 1. The van der Waals surface area contributed by atoms with Gasteiger partial charge in [-0.05, 0) is 12.8 Å². The van der Waals surface area contributed by atoms with Crippen LogP contribution >= 0.6 is 9.24 Å². The van der Waals surface area contributed by atoms with E-state index in [0.717, 1.165) is 25.7 Å². The summed E-state index contributed by atoms with van der Waals surface area (Å²) in [5.41, 5.74) is 0.142. The average Bonchev–Trinajstić information content (AvgIpc) is 2.38. The number of nitrogens with one attached hydrogen (secondary N) is 3. The summed E-state index contributed by atoms with van der Waals surface area (Å²) in [4.78, 5) is 12.0. The molecule has 108 valence electrons. The Kier molecular flexibility index (Phi) is 6.78. The van der Waals surface area contributed by atoms with Crippen molar-refractivity contribution in [3.05, 3.63) is 11.9 Å². The minimum Gasteiger partial charge on any atom is -0.439 e. The normalized spacial score (nSPS) is 18.6. The van der Waals surface area contributed by atoms with Crippen LogP contribution in [0.25, 0.3) is 0 Å². The molecule has 0 bridgehead atoms. The third kappa shape index (κ3) is 5.55. The zero-order valence-corrected chi connectivity index (χ0v) is 12.2. The number of alkyl halides is 1. The minimum absolute atomic E-state index is 0.0287. The molecule has 0 aromatic heterocycles. The molecule has 0 saturated heterocycles. The Balaban J connectivity index is 2.60. The molecule has 0 spiro atoms. The third-order valence-corrected chi connectivity index (χ3v) is 3.13. The molecule has 5 nitrogen and oxygen atoms in total. The van der Waals surface area contributed by atoms with Crippen LogP contribution in [0.2, 0.25) is 0 Å². The lowest BCUT2D eigenvalue weighted by Gasteiger charge is -2.21. The van der Waals surface area contributed by atoms with Crippen molar-refractivity contribution in [1.82, 2.24) is 10.6 Å². The van der Waals surface area contributed by atoms with Crippen LogP contribution in [-0.2, 0) is 9.53 Å². The summed E-state index contributed by atoms with van der Waals surface area (Å²) in [5.74, 6) is -0.561. The molecule has 0 radical (unpaired) electrons. The van der Waals surface area contributed by atoms with E-state index >= 15 is 0 Å². The van der Waals surface area contributed by atoms with Crippen LogP contribution in [0, 0.1) is 11.3 Å². The highest BCUT2D eigenvalue weighted by atomic mass is 31.0. The number of hydrogen-bond donors (Lipinski definition) is 3. The van der Waals surface area contributed by atoms with Crippen molar-refractivity contribution in [2.24, 2.45) is 5.92 Å². The molecule has 7 heteroatoms. The van der Waals surface area contributed by atoms with Crippen molar-refractivity contribution in [2.45, 2.75) is 38.2 Å². The fourth-order valence-corrected chi connectivity index (χ4v) is 2.21. The van der Waals surface area contributed by atoms with Crippen LogP contribution in [0.3, 0.4) is 0 Å². The maximum absolute atomic E-state index is 12.7. The van der Waals surface area contributed by atoms with Gasteiger partial charge in [0.1, 0.15) is 5.70 Å². The number of carbonyl (C=O) groups excluding carboxylic acids is 1. The lowest BCUT2D eigenvalue weighted by Crippen LogP contribution is -2.35. The van der Waals surface area contributed by atoms with Crippen molar-refractivity contribution in [3.8, 4) is 0 Å². The van der Waals surface area contributed by atoms with Crippen molar-refractivity contribution >= 4 is 21.0 Å². The molecule has 0 aromatic rings. The van der Waals surface area contributed by atoms with Gasteiger partial charge in [-0.2, -0.15) is 4.39 Å². The molecule has 1 aliphatic carbocycles. The number of amides is 1. The summed E-state index contributed by atoms with van der Waals surface area (Å²) >= 11 is 0. The van der Waals surface area contributed by atoms with E-state index in [2.05, 4.69) is 15.4 Å². The number of ether oxygens (including phenoxy) is 1. The summed E-state index contributed by atoms with van der Waals surface area (Å²) in [6, 6.07) is 0. The molecule has 2 unspecified atom stereocenters. The SMILES string of the molecule is CN/C=C(/NC(=O)C1CCCCC1)C(=N)OC(F)P. The number of rotatable bonds is 5. The van der Waals surface area contributed by atoms with Crippen LogP contribution in [-0.4, -0.2) is 25.0 Å². The summed E-state index contributed by atoms with van der Waals surface area (Å²) in [6.07, 6.45) is 4.74. The second kappa shape index (κ2) is 8.10. The van der Waals surface area contributed by atoms with Gasteiger partial charge in [0.05, 0.1) is 0 Å². The molecule has 1 fully saturated rings. The molecule has 2 atom stereocenters. The van der Waals surface area contributed by atoms with Crippen LogP contribution in [0.5, 0.6) is 0 Å². The van der Waals surface area contributed by atoms with Crippen LogP contribution < -0.4 is 10.6 Å². The van der Waals surface area contributed by atoms with Gasteiger partial charge >= 0.3 is 0 Å². The van der Waals surface area contributed by atoms with Gasteiger partial charge in [-0.1, -0.05) is 28.5 Å². The predicted molar refractivity (Wildman–Crippen MR) is 75.3 cm³/mol. The Morgan fingerprint density at radius 3 is 2.63 bits per heavy atom. The second-order valence-electron chi connectivity index (χ2n) is 4.47. The highest BCUT2D eigenvalue weighted by Crippen LogP contribution is 2.23. The zero-order chi connectivity index (χ0) is 14.3. The molecule has 0 aromatic carbocycles. The van der Waals surface area contributed by atoms with Gasteiger partial charge in [-0.25, -0.2) is 0 Å². The van der Waals surface area contributed by atoms with Crippen LogP contribution in [0.1, 0.15) is 32.1 Å². The molecule has 3 N–H and O–H groups in total. The highest BCUT2D eigenvalue weighted by molar-refractivity contribution is 7.16. The first-order chi connectivity index (χ1) is 9.04. The van der Waals surface area contributed by atoms with Gasteiger partial charge in [0.25, 0.3) is 6.10 Å². The van der Waals surface area contributed by atoms with Gasteiger partial charge in [0.15, 0.2) is 0 Å². The molecule has 0 heterocycles. The van der Waals surface area contributed by atoms with Crippen molar-refractivity contribution in [3.63, 3.8) is 0 Å². The lowest BCUT2D eigenvalue weighted by molar-refractivity contribution is -0.125. The summed E-state index contributed by atoms with van der Waals surface area (Å²) in [6.45, 7) is 0.